The quantitative estimate of drug-likeness (QED) is 0.911. The molecule has 0 spiro atoms. The van der Waals surface area contributed by atoms with Crippen LogP contribution in [-0.4, -0.2) is 16.7 Å². The lowest BCUT2D eigenvalue weighted by molar-refractivity contribution is 0.0217. The van der Waals surface area contributed by atoms with Crippen molar-refractivity contribution in [2.75, 3.05) is 11.9 Å². The highest BCUT2D eigenvalue weighted by molar-refractivity contribution is 5.56. The topological polar surface area (TPSA) is 60.2 Å². The SMILES string of the molecule is CCOC(c1noc(C2Cc3ccccc3N2)n1)C(C)C. The van der Waals surface area contributed by atoms with E-state index in [1.807, 2.05) is 19.1 Å². The van der Waals surface area contributed by atoms with Gasteiger partial charge in [0.15, 0.2) is 0 Å². The van der Waals surface area contributed by atoms with Crippen LogP contribution in [0.25, 0.3) is 0 Å². The molecule has 1 aromatic carbocycles. The van der Waals surface area contributed by atoms with E-state index in [9.17, 15) is 0 Å². The van der Waals surface area contributed by atoms with E-state index >= 15 is 0 Å². The summed E-state index contributed by atoms with van der Waals surface area (Å²) >= 11 is 0. The second-order valence-electron chi connectivity index (χ2n) is 5.67. The number of para-hydroxylation sites is 1. The van der Waals surface area contributed by atoms with Crippen LogP contribution in [0.3, 0.4) is 0 Å². The molecule has 1 aromatic heterocycles. The summed E-state index contributed by atoms with van der Waals surface area (Å²) in [6.07, 6.45) is 0.759. The second-order valence-corrected chi connectivity index (χ2v) is 5.67. The summed E-state index contributed by atoms with van der Waals surface area (Å²) < 4.78 is 11.2. The minimum Gasteiger partial charge on any atom is -0.373 e. The summed E-state index contributed by atoms with van der Waals surface area (Å²) in [4.78, 5) is 4.55. The third-order valence-electron chi connectivity index (χ3n) is 3.73. The number of rotatable bonds is 5. The first-order valence-corrected chi connectivity index (χ1v) is 7.48. The maximum Gasteiger partial charge on any atom is 0.249 e. The smallest absolute Gasteiger partial charge is 0.249 e. The lowest BCUT2D eigenvalue weighted by atomic mass is 10.1. The Morgan fingerprint density at radius 1 is 1.38 bits per heavy atom. The Morgan fingerprint density at radius 2 is 2.19 bits per heavy atom. The number of benzene rings is 1. The first kappa shape index (κ1) is 14.1. The molecule has 5 heteroatoms. The van der Waals surface area contributed by atoms with Crippen LogP contribution >= 0.6 is 0 Å². The first-order valence-electron chi connectivity index (χ1n) is 7.48. The van der Waals surface area contributed by atoms with Gasteiger partial charge in [0.1, 0.15) is 12.1 Å². The van der Waals surface area contributed by atoms with Crippen molar-refractivity contribution in [2.24, 2.45) is 5.92 Å². The Labute approximate surface area is 124 Å². The van der Waals surface area contributed by atoms with Crippen molar-refractivity contribution in [3.05, 3.63) is 41.5 Å². The average molecular weight is 287 g/mol. The highest BCUT2D eigenvalue weighted by atomic mass is 16.5. The van der Waals surface area contributed by atoms with Crippen LogP contribution in [0.15, 0.2) is 28.8 Å². The summed E-state index contributed by atoms with van der Waals surface area (Å²) in [5.41, 5.74) is 2.43. The molecule has 2 unspecified atom stereocenters. The Hall–Kier alpha value is -1.88. The van der Waals surface area contributed by atoms with Crippen LogP contribution in [0.2, 0.25) is 0 Å². The van der Waals surface area contributed by atoms with Crippen molar-refractivity contribution in [3.63, 3.8) is 0 Å². The van der Waals surface area contributed by atoms with Gasteiger partial charge in [-0.05, 0) is 24.5 Å². The number of aromatic nitrogens is 2. The minimum absolute atomic E-state index is 0.0538. The molecule has 3 rings (SSSR count). The van der Waals surface area contributed by atoms with E-state index in [1.54, 1.807) is 0 Å². The van der Waals surface area contributed by atoms with Gasteiger partial charge in [0.25, 0.3) is 0 Å². The normalized spacial score (nSPS) is 18.6. The standard InChI is InChI=1S/C16H21N3O2/c1-4-20-14(10(2)3)15-18-16(21-19-15)13-9-11-7-5-6-8-12(11)17-13/h5-8,10,13-14,17H,4,9H2,1-3H3. The summed E-state index contributed by atoms with van der Waals surface area (Å²) in [6, 6.07) is 8.32. The maximum atomic E-state index is 5.72. The molecule has 2 atom stereocenters. The van der Waals surface area contributed by atoms with Crippen LogP contribution in [0.4, 0.5) is 5.69 Å². The molecule has 21 heavy (non-hydrogen) atoms. The van der Waals surface area contributed by atoms with Gasteiger partial charge in [-0.1, -0.05) is 37.2 Å². The van der Waals surface area contributed by atoms with Gasteiger partial charge in [0.05, 0.1) is 0 Å². The number of anilines is 1. The van der Waals surface area contributed by atoms with Crippen molar-refractivity contribution >= 4 is 5.69 Å². The molecule has 0 fully saturated rings. The molecule has 0 radical (unpaired) electrons. The van der Waals surface area contributed by atoms with Gasteiger partial charge in [0.2, 0.25) is 11.7 Å². The molecule has 1 N–H and O–H groups in total. The zero-order chi connectivity index (χ0) is 14.8. The van der Waals surface area contributed by atoms with E-state index in [0.29, 0.717) is 24.2 Å². The number of hydrogen-bond donors (Lipinski definition) is 1. The molecule has 1 aliphatic rings. The summed E-state index contributed by atoms with van der Waals surface area (Å²) in [7, 11) is 0. The molecule has 1 aliphatic heterocycles. The van der Waals surface area contributed by atoms with Crippen molar-refractivity contribution in [1.82, 2.24) is 10.1 Å². The monoisotopic (exact) mass is 287 g/mol. The highest BCUT2D eigenvalue weighted by Crippen LogP contribution is 2.34. The number of nitrogens with one attached hydrogen (secondary N) is 1. The molecule has 0 saturated heterocycles. The highest BCUT2D eigenvalue weighted by Gasteiger charge is 2.29. The fourth-order valence-corrected chi connectivity index (χ4v) is 2.70. The Bertz CT molecular complexity index is 584. The third-order valence-corrected chi connectivity index (χ3v) is 3.73. The zero-order valence-electron chi connectivity index (χ0n) is 12.7. The molecule has 0 bridgehead atoms. The Balaban J connectivity index is 1.77. The second kappa shape index (κ2) is 5.85. The maximum absolute atomic E-state index is 5.72. The predicted molar refractivity (Wildman–Crippen MR) is 80.0 cm³/mol. The van der Waals surface area contributed by atoms with Crippen molar-refractivity contribution in [2.45, 2.75) is 39.3 Å². The summed E-state index contributed by atoms with van der Waals surface area (Å²) in [6.45, 7) is 6.81. The van der Waals surface area contributed by atoms with E-state index < -0.39 is 0 Å². The lowest BCUT2D eigenvalue weighted by Crippen LogP contribution is -2.13. The fourth-order valence-electron chi connectivity index (χ4n) is 2.70. The molecule has 5 nitrogen and oxygen atoms in total. The molecular formula is C16H21N3O2. The van der Waals surface area contributed by atoms with Gasteiger partial charge in [0, 0.05) is 18.7 Å². The molecular weight excluding hydrogens is 266 g/mol. The minimum atomic E-state index is -0.115. The van der Waals surface area contributed by atoms with E-state index in [2.05, 4.69) is 41.4 Å². The fraction of sp³-hybridized carbons (Fsp3) is 0.500. The van der Waals surface area contributed by atoms with Crippen molar-refractivity contribution in [3.8, 4) is 0 Å². The van der Waals surface area contributed by atoms with Crippen molar-refractivity contribution < 1.29 is 9.26 Å². The van der Waals surface area contributed by atoms with Crippen LogP contribution in [0.1, 0.15) is 50.2 Å². The average Bonchev–Trinajstić information content (AvgIpc) is 3.10. The van der Waals surface area contributed by atoms with Gasteiger partial charge in [-0.3, -0.25) is 0 Å². The number of fused-ring (bicyclic) bond motifs is 1. The largest absolute Gasteiger partial charge is 0.373 e. The predicted octanol–water partition coefficient (Wildman–Crippen LogP) is 3.51. The number of ether oxygens (including phenoxy) is 1. The summed E-state index contributed by atoms with van der Waals surface area (Å²) in [5.74, 6) is 1.58. The van der Waals surface area contributed by atoms with Crippen LogP contribution in [-0.2, 0) is 11.2 Å². The zero-order valence-corrected chi connectivity index (χ0v) is 12.7. The summed E-state index contributed by atoms with van der Waals surface area (Å²) in [5, 5.41) is 7.54. The van der Waals surface area contributed by atoms with Gasteiger partial charge in [-0.25, -0.2) is 0 Å². The van der Waals surface area contributed by atoms with Gasteiger partial charge >= 0.3 is 0 Å². The first-order chi connectivity index (χ1) is 10.2. The molecule has 112 valence electrons. The Morgan fingerprint density at radius 3 is 2.90 bits per heavy atom. The van der Waals surface area contributed by atoms with Gasteiger partial charge in [-0.15, -0.1) is 0 Å². The molecule has 0 saturated carbocycles. The molecule has 0 aliphatic carbocycles. The van der Waals surface area contributed by atoms with E-state index in [0.717, 1.165) is 12.1 Å². The number of hydrogen-bond acceptors (Lipinski definition) is 5. The third kappa shape index (κ3) is 2.78. The molecule has 2 aromatic rings. The van der Waals surface area contributed by atoms with Crippen LogP contribution < -0.4 is 5.32 Å². The van der Waals surface area contributed by atoms with E-state index in [4.69, 9.17) is 9.26 Å². The van der Waals surface area contributed by atoms with Crippen molar-refractivity contribution in [1.29, 1.82) is 0 Å². The Kier molecular flexibility index (Phi) is 3.92. The van der Waals surface area contributed by atoms with Crippen LogP contribution in [0, 0.1) is 5.92 Å². The van der Waals surface area contributed by atoms with Gasteiger partial charge in [-0.2, -0.15) is 4.98 Å². The lowest BCUT2D eigenvalue weighted by Gasteiger charge is -2.16. The van der Waals surface area contributed by atoms with Crippen LogP contribution in [0.5, 0.6) is 0 Å². The van der Waals surface area contributed by atoms with Gasteiger partial charge < -0.3 is 14.6 Å². The number of nitrogens with zero attached hydrogens (tertiary/aromatic N) is 2. The molecule has 0 amide bonds. The molecule has 2 heterocycles. The van der Waals surface area contributed by atoms with E-state index in [-0.39, 0.29) is 12.1 Å². The van der Waals surface area contributed by atoms with E-state index in [1.165, 1.54) is 5.56 Å².